The third-order valence-corrected chi connectivity index (χ3v) is 8.41. The predicted molar refractivity (Wildman–Crippen MR) is 195 cm³/mol. The number of methoxy groups -OCH3 is 5. The van der Waals surface area contributed by atoms with Gasteiger partial charge in [0.2, 0.25) is 11.7 Å². The summed E-state index contributed by atoms with van der Waals surface area (Å²) in [5.41, 5.74) is 0.891. The van der Waals surface area contributed by atoms with Crippen molar-refractivity contribution in [2.75, 3.05) is 92.1 Å². The lowest BCUT2D eigenvalue weighted by molar-refractivity contribution is 0.145. The normalized spacial score (nSPS) is 13.2. The molecule has 3 aromatic carbocycles. The fraction of sp³-hybridized carbons (Fsp3) is 0.361. The number of amides is 1. The minimum atomic E-state index is -0.804. The zero-order valence-corrected chi connectivity index (χ0v) is 30.4. The highest BCUT2D eigenvalue weighted by Crippen LogP contribution is 2.42. The SMILES string of the molecule is COc1ccc(OC(=O)N(c2ccnc(Nc3cc(OC)c(OC)c(OCCCN4CCN(C)CC4)c3)n2)c2ccc(Cl)cc2OC)c(OC)c1. The van der Waals surface area contributed by atoms with Crippen molar-refractivity contribution in [3.63, 3.8) is 0 Å². The molecular formula is C36H43ClN6O8. The molecule has 14 nitrogen and oxygen atoms in total. The van der Waals surface area contributed by atoms with Gasteiger partial charge in [-0.1, -0.05) is 11.6 Å². The second-order valence-corrected chi connectivity index (χ2v) is 11.9. The Morgan fingerprint density at radius 3 is 2.27 bits per heavy atom. The van der Waals surface area contributed by atoms with Gasteiger partial charge >= 0.3 is 6.09 Å². The van der Waals surface area contributed by atoms with Crippen LogP contribution in [0.25, 0.3) is 0 Å². The average Bonchev–Trinajstić information content (AvgIpc) is 3.14. The summed E-state index contributed by atoms with van der Waals surface area (Å²) in [7, 11) is 9.73. The van der Waals surface area contributed by atoms with Gasteiger partial charge in [0, 0.05) is 80.0 Å². The molecule has 1 amide bonds. The number of nitrogens with one attached hydrogen (secondary N) is 1. The first kappa shape index (κ1) is 37.1. The molecule has 0 atom stereocenters. The summed E-state index contributed by atoms with van der Waals surface area (Å²) in [5, 5.41) is 3.62. The lowest BCUT2D eigenvalue weighted by Crippen LogP contribution is -2.44. The van der Waals surface area contributed by atoms with Crippen LogP contribution in [0.4, 0.5) is 27.9 Å². The van der Waals surface area contributed by atoms with E-state index in [0.29, 0.717) is 57.5 Å². The van der Waals surface area contributed by atoms with Crippen molar-refractivity contribution < 1.29 is 38.0 Å². The third-order valence-electron chi connectivity index (χ3n) is 8.18. The van der Waals surface area contributed by atoms with Crippen LogP contribution in [0.3, 0.4) is 0 Å². The Bertz CT molecular complexity index is 1790. The number of piperazine rings is 1. The molecule has 0 saturated carbocycles. The molecule has 1 fully saturated rings. The van der Waals surface area contributed by atoms with Crippen molar-refractivity contribution in [1.82, 2.24) is 19.8 Å². The monoisotopic (exact) mass is 722 g/mol. The van der Waals surface area contributed by atoms with E-state index in [1.54, 1.807) is 68.8 Å². The van der Waals surface area contributed by atoms with Gasteiger partial charge in [-0.2, -0.15) is 4.98 Å². The first-order valence-electron chi connectivity index (χ1n) is 16.2. The molecule has 1 aromatic heterocycles. The number of carbonyl (C=O) groups is 1. The number of anilines is 4. The predicted octanol–water partition coefficient (Wildman–Crippen LogP) is 6.27. The van der Waals surface area contributed by atoms with Crippen molar-refractivity contribution in [1.29, 1.82) is 0 Å². The first-order chi connectivity index (χ1) is 24.8. The molecule has 0 bridgehead atoms. The standard InChI is InChI=1S/C36H43ClN6O8/c1-41-15-17-42(18-16-41)14-7-19-50-32-22-25(21-31(48-5)34(32)49-6)39-35-38-13-12-33(40-35)43(27-10-8-24(37)20-29(27)46-3)36(44)51-28-11-9-26(45-2)23-30(28)47-4/h8-13,20-23H,7,14-19H2,1-6H3,(H,38,39,40). The molecule has 1 aliphatic rings. The van der Waals surface area contributed by atoms with E-state index < -0.39 is 6.09 Å². The first-order valence-corrected chi connectivity index (χ1v) is 16.6. The number of halogens is 1. The zero-order valence-electron chi connectivity index (χ0n) is 29.6. The number of aromatic nitrogens is 2. The Balaban J connectivity index is 1.41. The van der Waals surface area contributed by atoms with Crippen molar-refractivity contribution >= 4 is 40.8 Å². The van der Waals surface area contributed by atoms with E-state index in [4.69, 9.17) is 44.8 Å². The van der Waals surface area contributed by atoms with Crippen molar-refractivity contribution in [3.8, 4) is 40.2 Å². The topological polar surface area (TPSA) is 129 Å². The summed E-state index contributed by atoms with van der Waals surface area (Å²) in [5.74, 6) is 3.06. The molecule has 2 heterocycles. The van der Waals surface area contributed by atoms with Gasteiger partial charge in [0.15, 0.2) is 23.0 Å². The molecule has 0 spiro atoms. The van der Waals surface area contributed by atoms with Crippen LogP contribution in [0, 0.1) is 0 Å². The van der Waals surface area contributed by atoms with Crippen LogP contribution >= 0.6 is 11.6 Å². The molecule has 1 saturated heterocycles. The Kier molecular flexibility index (Phi) is 12.8. The van der Waals surface area contributed by atoms with Gasteiger partial charge in [0.05, 0.1) is 47.8 Å². The average molecular weight is 723 g/mol. The summed E-state index contributed by atoms with van der Waals surface area (Å²) in [6.45, 7) is 5.64. The highest BCUT2D eigenvalue weighted by Gasteiger charge is 2.27. The fourth-order valence-electron chi connectivity index (χ4n) is 5.46. The maximum Gasteiger partial charge on any atom is 0.425 e. The molecule has 0 radical (unpaired) electrons. The van der Waals surface area contributed by atoms with Gasteiger partial charge in [0.1, 0.15) is 17.3 Å². The zero-order chi connectivity index (χ0) is 36.3. The summed E-state index contributed by atoms with van der Waals surface area (Å²) in [6, 6.07) is 14.8. The molecule has 15 heteroatoms. The van der Waals surface area contributed by atoms with Crippen LogP contribution in [0.2, 0.25) is 5.02 Å². The van der Waals surface area contributed by atoms with Crippen molar-refractivity contribution in [2.24, 2.45) is 0 Å². The van der Waals surface area contributed by atoms with Gasteiger partial charge in [-0.15, -0.1) is 0 Å². The highest BCUT2D eigenvalue weighted by atomic mass is 35.5. The molecule has 4 aromatic rings. The van der Waals surface area contributed by atoms with Gasteiger partial charge in [0.25, 0.3) is 0 Å². The Labute approximate surface area is 302 Å². The van der Waals surface area contributed by atoms with E-state index in [2.05, 4.69) is 32.1 Å². The molecule has 1 aliphatic heterocycles. The maximum atomic E-state index is 14.0. The van der Waals surface area contributed by atoms with Gasteiger partial charge in [-0.3, -0.25) is 0 Å². The van der Waals surface area contributed by atoms with Gasteiger partial charge in [-0.05, 0) is 37.7 Å². The Morgan fingerprint density at radius 2 is 1.57 bits per heavy atom. The van der Waals surface area contributed by atoms with Crippen LogP contribution in [0.5, 0.6) is 40.2 Å². The fourth-order valence-corrected chi connectivity index (χ4v) is 5.63. The van der Waals surface area contributed by atoms with Gasteiger partial charge < -0.3 is 48.3 Å². The van der Waals surface area contributed by atoms with Crippen LogP contribution in [-0.4, -0.2) is 108 Å². The molecule has 0 unspecified atom stereocenters. The van der Waals surface area contributed by atoms with Gasteiger partial charge in [-0.25, -0.2) is 14.7 Å². The maximum absolute atomic E-state index is 14.0. The van der Waals surface area contributed by atoms with Crippen molar-refractivity contribution in [3.05, 3.63) is 65.8 Å². The number of hydrogen-bond acceptors (Lipinski definition) is 13. The molecule has 272 valence electrons. The smallest absolute Gasteiger partial charge is 0.425 e. The third kappa shape index (κ3) is 9.34. The van der Waals surface area contributed by atoms with E-state index in [1.165, 1.54) is 32.4 Å². The van der Waals surface area contributed by atoms with E-state index in [0.717, 1.165) is 39.1 Å². The lowest BCUT2D eigenvalue weighted by Gasteiger charge is -2.32. The van der Waals surface area contributed by atoms with Crippen LogP contribution in [-0.2, 0) is 0 Å². The number of hydrogen-bond donors (Lipinski definition) is 1. The van der Waals surface area contributed by atoms with Crippen molar-refractivity contribution in [2.45, 2.75) is 6.42 Å². The molecule has 51 heavy (non-hydrogen) atoms. The molecule has 0 aliphatic carbocycles. The quantitative estimate of drug-likeness (QED) is 0.139. The number of rotatable bonds is 15. The molecule has 1 N–H and O–H groups in total. The molecular weight excluding hydrogens is 680 g/mol. The Hall–Kier alpha value is -5.18. The minimum Gasteiger partial charge on any atom is -0.497 e. The number of ether oxygens (including phenoxy) is 7. The number of carbonyl (C=O) groups excluding carboxylic acids is 1. The van der Waals surface area contributed by atoms with Crippen LogP contribution < -0.4 is 43.4 Å². The van der Waals surface area contributed by atoms with Crippen LogP contribution in [0.1, 0.15) is 6.42 Å². The summed E-state index contributed by atoms with van der Waals surface area (Å²) >= 11 is 6.27. The second kappa shape index (κ2) is 17.7. The minimum absolute atomic E-state index is 0.162. The summed E-state index contributed by atoms with van der Waals surface area (Å²) in [4.78, 5) is 29.1. The largest absolute Gasteiger partial charge is 0.497 e. The number of benzene rings is 3. The highest BCUT2D eigenvalue weighted by molar-refractivity contribution is 6.30. The van der Waals surface area contributed by atoms with E-state index in [-0.39, 0.29) is 17.5 Å². The summed E-state index contributed by atoms with van der Waals surface area (Å²) in [6.07, 6.45) is 1.56. The number of nitrogens with zero attached hydrogens (tertiary/aromatic N) is 5. The lowest BCUT2D eigenvalue weighted by atomic mass is 10.2. The summed E-state index contributed by atoms with van der Waals surface area (Å²) < 4.78 is 39.6. The van der Waals surface area contributed by atoms with E-state index in [9.17, 15) is 4.79 Å². The van der Waals surface area contributed by atoms with E-state index in [1.807, 2.05) is 0 Å². The van der Waals surface area contributed by atoms with Crippen LogP contribution in [0.15, 0.2) is 60.8 Å². The number of likely N-dealkylation sites (N-methyl/N-ethyl adjacent to an activating group) is 1. The Morgan fingerprint density at radius 1 is 0.824 bits per heavy atom. The second-order valence-electron chi connectivity index (χ2n) is 11.5. The molecule has 5 rings (SSSR count). The van der Waals surface area contributed by atoms with E-state index >= 15 is 0 Å².